The van der Waals surface area contributed by atoms with E-state index in [1.54, 1.807) is 13.0 Å². The SMILES string of the molecule is C=CCOc1ccccc1CNC(C)C(=O)O. The first-order chi connectivity index (χ1) is 8.15. The molecule has 4 nitrogen and oxygen atoms in total. The van der Waals surface area contributed by atoms with Gasteiger partial charge in [0, 0.05) is 12.1 Å². The molecular weight excluding hydrogens is 218 g/mol. The van der Waals surface area contributed by atoms with E-state index in [1.165, 1.54) is 0 Å². The summed E-state index contributed by atoms with van der Waals surface area (Å²) in [6.45, 7) is 6.09. The topological polar surface area (TPSA) is 58.6 Å². The summed E-state index contributed by atoms with van der Waals surface area (Å²) in [5, 5.41) is 11.7. The molecule has 0 spiro atoms. The van der Waals surface area contributed by atoms with E-state index in [2.05, 4.69) is 11.9 Å². The molecule has 0 aliphatic rings. The maximum Gasteiger partial charge on any atom is 0.320 e. The highest BCUT2D eigenvalue weighted by molar-refractivity contribution is 5.72. The van der Waals surface area contributed by atoms with E-state index in [0.717, 1.165) is 11.3 Å². The molecule has 4 heteroatoms. The number of hydrogen-bond acceptors (Lipinski definition) is 3. The number of rotatable bonds is 7. The highest BCUT2D eigenvalue weighted by Gasteiger charge is 2.10. The summed E-state index contributed by atoms with van der Waals surface area (Å²) in [4.78, 5) is 10.7. The van der Waals surface area contributed by atoms with Crippen molar-refractivity contribution >= 4 is 5.97 Å². The number of benzene rings is 1. The number of nitrogens with one attached hydrogen (secondary N) is 1. The van der Waals surface area contributed by atoms with E-state index >= 15 is 0 Å². The summed E-state index contributed by atoms with van der Waals surface area (Å²) >= 11 is 0. The molecule has 1 aromatic carbocycles. The second kappa shape index (κ2) is 6.70. The summed E-state index contributed by atoms with van der Waals surface area (Å²) in [6.07, 6.45) is 1.67. The Bertz CT molecular complexity index is 390. The molecule has 0 bridgehead atoms. The highest BCUT2D eigenvalue weighted by Crippen LogP contribution is 2.17. The quantitative estimate of drug-likeness (QED) is 0.708. The van der Waals surface area contributed by atoms with Crippen molar-refractivity contribution < 1.29 is 14.6 Å². The van der Waals surface area contributed by atoms with Gasteiger partial charge in [-0.3, -0.25) is 4.79 Å². The fourth-order valence-corrected chi connectivity index (χ4v) is 1.29. The van der Waals surface area contributed by atoms with Crippen LogP contribution in [0.1, 0.15) is 12.5 Å². The van der Waals surface area contributed by atoms with Crippen LogP contribution < -0.4 is 10.1 Å². The first-order valence-electron chi connectivity index (χ1n) is 5.43. The van der Waals surface area contributed by atoms with Crippen molar-refractivity contribution in [2.45, 2.75) is 19.5 Å². The van der Waals surface area contributed by atoms with Crippen LogP contribution in [0.3, 0.4) is 0 Å². The molecule has 1 rings (SSSR count). The van der Waals surface area contributed by atoms with Gasteiger partial charge in [-0.1, -0.05) is 30.9 Å². The average molecular weight is 235 g/mol. The number of carbonyl (C=O) groups is 1. The lowest BCUT2D eigenvalue weighted by Crippen LogP contribution is -2.33. The van der Waals surface area contributed by atoms with Gasteiger partial charge in [0.25, 0.3) is 0 Å². The predicted octanol–water partition coefficient (Wildman–Crippen LogP) is 1.81. The average Bonchev–Trinajstić information content (AvgIpc) is 2.34. The summed E-state index contributed by atoms with van der Waals surface area (Å²) in [7, 11) is 0. The van der Waals surface area contributed by atoms with Gasteiger partial charge < -0.3 is 15.2 Å². The Morgan fingerprint density at radius 1 is 1.59 bits per heavy atom. The summed E-state index contributed by atoms with van der Waals surface area (Å²) in [5.41, 5.74) is 0.933. The van der Waals surface area contributed by atoms with Crippen molar-refractivity contribution in [3.8, 4) is 5.75 Å². The van der Waals surface area contributed by atoms with Gasteiger partial charge in [-0.25, -0.2) is 0 Å². The number of ether oxygens (including phenoxy) is 1. The molecule has 0 saturated heterocycles. The van der Waals surface area contributed by atoms with Crippen molar-refractivity contribution in [3.05, 3.63) is 42.5 Å². The molecule has 1 atom stereocenters. The molecule has 1 aromatic rings. The van der Waals surface area contributed by atoms with Gasteiger partial charge >= 0.3 is 5.97 Å². The highest BCUT2D eigenvalue weighted by atomic mass is 16.5. The predicted molar refractivity (Wildman–Crippen MR) is 66.1 cm³/mol. The number of aliphatic carboxylic acids is 1. The smallest absolute Gasteiger partial charge is 0.320 e. The minimum atomic E-state index is -0.866. The first kappa shape index (κ1) is 13.3. The van der Waals surface area contributed by atoms with Crippen molar-refractivity contribution in [3.63, 3.8) is 0 Å². The molecule has 0 radical (unpaired) electrons. The fourth-order valence-electron chi connectivity index (χ4n) is 1.29. The van der Waals surface area contributed by atoms with Crippen LogP contribution in [0.5, 0.6) is 5.75 Å². The van der Waals surface area contributed by atoms with E-state index < -0.39 is 12.0 Å². The lowest BCUT2D eigenvalue weighted by molar-refractivity contribution is -0.139. The van der Waals surface area contributed by atoms with Gasteiger partial charge in [-0.2, -0.15) is 0 Å². The number of carboxylic acid groups (broad SMARTS) is 1. The van der Waals surface area contributed by atoms with Crippen molar-refractivity contribution in [1.82, 2.24) is 5.32 Å². The molecule has 0 aromatic heterocycles. The molecule has 0 aliphatic heterocycles. The van der Waals surface area contributed by atoms with Gasteiger partial charge in [-0.15, -0.1) is 0 Å². The van der Waals surface area contributed by atoms with Crippen molar-refractivity contribution in [2.24, 2.45) is 0 Å². The minimum absolute atomic E-state index is 0.436. The third-order valence-electron chi connectivity index (χ3n) is 2.30. The Hall–Kier alpha value is -1.81. The zero-order valence-electron chi connectivity index (χ0n) is 9.85. The van der Waals surface area contributed by atoms with Crippen LogP contribution >= 0.6 is 0 Å². The number of para-hydroxylation sites is 1. The monoisotopic (exact) mass is 235 g/mol. The molecule has 0 amide bonds. The first-order valence-corrected chi connectivity index (χ1v) is 5.43. The van der Waals surface area contributed by atoms with Crippen LogP contribution in [0.15, 0.2) is 36.9 Å². The fraction of sp³-hybridized carbons (Fsp3) is 0.308. The molecular formula is C13H17NO3. The van der Waals surface area contributed by atoms with Gasteiger partial charge in [0.05, 0.1) is 0 Å². The summed E-state index contributed by atoms with van der Waals surface area (Å²) in [6, 6.07) is 6.94. The molecule has 0 aliphatic carbocycles. The summed E-state index contributed by atoms with van der Waals surface area (Å²) in [5.74, 6) is -0.119. The van der Waals surface area contributed by atoms with E-state index in [1.807, 2.05) is 24.3 Å². The summed E-state index contributed by atoms with van der Waals surface area (Å²) < 4.78 is 5.47. The molecule has 2 N–H and O–H groups in total. The molecule has 0 heterocycles. The van der Waals surface area contributed by atoms with Gasteiger partial charge in [0.1, 0.15) is 18.4 Å². The largest absolute Gasteiger partial charge is 0.489 e. The standard InChI is InChI=1S/C13H17NO3/c1-3-8-17-12-7-5-4-6-11(12)9-14-10(2)13(15)16/h3-7,10,14H,1,8-9H2,2H3,(H,15,16). The maximum atomic E-state index is 10.7. The van der Waals surface area contributed by atoms with Crippen LogP contribution in [-0.4, -0.2) is 23.7 Å². The third-order valence-corrected chi connectivity index (χ3v) is 2.30. The molecule has 1 unspecified atom stereocenters. The van der Waals surface area contributed by atoms with Gasteiger partial charge in [-0.05, 0) is 13.0 Å². The molecule has 0 saturated carbocycles. The second-order valence-electron chi connectivity index (χ2n) is 3.65. The number of carboxylic acids is 1. The van der Waals surface area contributed by atoms with Crippen LogP contribution in [0.4, 0.5) is 0 Å². The normalized spacial score (nSPS) is 11.8. The maximum absolute atomic E-state index is 10.7. The van der Waals surface area contributed by atoms with Crippen molar-refractivity contribution in [1.29, 1.82) is 0 Å². The molecule has 17 heavy (non-hydrogen) atoms. The van der Waals surface area contributed by atoms with Crippen LogP contribution in [0.2, 0.25) is 0 Å². The lowest BCUT2D eigenvalue weighted by atomic mass is 10.2. The Kier molecular flexibility index (Phi) is 5.23. The Labute approximate surface area is 101 Å². The van der Waals surface area contributed by atoms with Crippen LogP contribution in [0.25, 0.3) is 0 Å². The van der Waals surface area contributed by atoms with E-state index in [0.29, 0.717) is 13.2 Å². The lowest BCUT2D eigenvalue weighted by Gasteiger charge is -2.12. The second-order valence-corrected chi connectivity index (χ2v) is 3.65. The van der Waals surface area contributed by atoms with Crippen LogP contribution in [-0.2, 0) is 11.3 Å². The zero-order valence-corrected chi connectivity index (χ0v) is 9.85. The minimum Gasteiger partial charge on any atom is -0.489 e. The molecule has 0 fully saturated rings. The van der Waals surface area contributed by atoms with Crippen molar-refractivity contribution in [2.75, 3.05) is 6.61 Å². The van der Waals surface area contributed by atoms with E-state index in [-0.39, 0.29) is 0 Å². The third kappa shape index (κ3) is 4.28. The van der Waals surface area contributed by atoms with Gasteiger partial charge in [0.15, 0.2) is 0 Å². The van der Waals surface area contributed by atoms with E-state index in [4.69, 9.17) is 9.84 Å². The Balaban J connectivity index is 2.63. The van der Waals surface area contributed by atoms with E-state index in [9.17, 15) is 4.79 Å². The molecule has 92 valence electrons. The Morgan fingerprint density at radius 3 is 2.94 bits per heavy atom. The van der Waals surface area contributed by atoms with Crippen LogP contribution in [0, 0.1) is 0 Å². The zero-order chi connectivity index (χ0) is 12.7. The van der Waals surface area contributed by atoms with Gasteiger partial charge in [0.2, 0.25) is 0 Å². The number of hydrogen-bond donors (Lipinski definition) is 2. The Morgan fingerprint density at radius 2 is 2.29 bits per heavy atom.